The first-order chi connectivity index (χ1) is 9.15. The zero-order valence-corrected chi connectivity index (χ0v) is 12.4. The minimum atomic E-state index is -0.371. The monoisotopic (exact) mass is 271 g/mol. The van der Waals surface area contributed by atoms with Crippen molar-refractivity contribution in [2.45, 2.75) is 45.3 Å². The second kappa shape index (κ2) is 7.58. The van der Waals surface area contributed by atoms with Crippen LogP contribution in [0.25, 0.3) is 0 Å². The van der Waals surface area contributed by atoms with E-state index in [2.05, 4.69) is 18.7 Å². The minimum absolute atomic E-state index is 0.343. The molecule has 0 aromatic rings. The molecule has 0 aromatic carbocycles. The molecule has 3 unspecified atom stereocenters. The summed E-state index contributed by atoms with van der Waals surface area (Å²) < 4.78 is 11.2. The molecule has 4 nitrogen and oxygen atoms in total. The second-order valence-corrected chi connectivity index (χ2v) is 6.33. The third-order valence-electron chi connectivity index (χ3n) is 4.43. The molecule has 4 atom stereocenters. The van der Waals surface area contributed by atoms with E-state index in [1.54, 1.807) is 0 Å². The summed E-state index contributed by atoms with van der Waals surface area (Å²) in [7, 11) is 0. The van der Waals surface area contributed by atoms with Gasteiger partial charge in [-0.3, -0.25) is 4.90 Å². The maximum absolute atomic E-state index is 10.1. The van der Waals surface area contributed by atoms with Gasteiger partial charge in [0.1, 0.15) is 0 Å². The third-order valence-corrected chi connectivity index (χ3v) is 4.43. The van der Waals surface area contributed by atoms with Crippen molar-refractivity contribution >= 4 is 0 Å². The lowest BCUT2D eigenvalue weighted by molar-refractivity contribution is -0.0649. The smallest absolute Gasteiger partial charge is 0.0900 e. The van der Waals surface area contributed by atoms with Gasteiger partial charge < -0.3 is 14.6 Å². The molecule has 2 rings (SSSR count). The molecular weight excluding hydrogens is 242 g/mol. The lowest BCUT2D eigenvalue weighted by Gasteiger charge is -2.34. The van der Waals surface area contributed by atoms with E-state index in [4.69, 9.17) is 9.47 Å². The minimum Gasteiger partial charge on any atom is -0.389 e. The second-order valence-electron chi connectivity index (χ2n) is 6.33. The number of aliphatic hydroxyl groups excluding tert-OH is 1. The summed E-state index contributed by atoms with van der Waals surface area (Å²) in [5.41, 5.74) is 0. The highest BCUT2D eigenvalue weighted by Crippen LogP contribution is 2.30. The number of aliphatic hydroxyl groups is 1. The van der Waals surface area contributed by atoms with Crippen molar-refractivity contribution in [3.63, 3.8) is 0 Å². The quantitative estimate of drug-likeness (QED) is 0.823. The Morgan fingerprint density at radius 3 is 2.68 bits per heavy atom. The van der Waals surface area contributed by atoms with E-state index in [0.29, 0.717) is 25.2 Å². The predicted molar refractivity (Wildman–Crippen MR) is 75.2 cm³/mol. The Balaban J connectivity index is 1.63. The van der Waals surface area contributed by atoms with Gasteiger partial charge in [-0.1, -0.05) is 13.8 Å². The van der Waals surface area contributed by atoms with E-state index in [1.165, 1.54) is 12.8 Å². The van der Waals surface area contributed by atoms with Crippen LogP contribution in [0, 0.1) is 11.8 Å². The Morgan fingerprint density at radius 2 is 2.00 bits per heavy atom. The number of hydrogen-bond donors (Lipinski definition) is 1. The van der Waals surface area contributed by atoms with Crippen LogP contribution in [0.15, 0.2) is 0 Å². The first-order valence-electron chi connectivity index (χ1n) is 7.75. The first-order valence-corrected chi connectivity index (χ1v) is 7.75. The Morgan fingerprint density at radius 1 is 1.26 bits per heavy atom. The van der Waals surface area contributed by atoms with E-state index in [0.717, 1.165) is 38.6 Å². The molecule has 112 valence electrons. The molecule has 0 bridgehead atoms. The molecule has 19 heavy (non-hydrogen) atoms. The molecule has 0 spiro atoms. The van der Waals surface area contributed by atoms with Gasteiger partial charge in [0.15, 0.2) is 0 Å². The van der Waals surface area contributed by atoms with Crippen LogP contribution in [0.4, 0.5) is 0 Å². The van der Waals surface area contributed by atoms with E-state index in [-0.39, 0.29) is 6.10 Å². The highest BCUT2D eigenvalue weighted by atomic mass is 16.5. The molecule has 1 aliphatic heterocycles. The van der Waals surface area contributed by atoms with Gasteiger partial charge in [-0.25, -0.2) is 0 Å². The fourth-order valence-corrected chi connectivity index (χ4v) is 3.25. The third kappa shape index (κ3) is 5.03. The maximum atomic E-state index is 10.1. The van der Waals surface area contributed by atoms with Gasteiger partial charge in [-0.15, -0.1) is 0 Å². The molecule has 2 aliphatic rings. The van der Waals surface area contributed by atoms with Crippen LogP contribution in [0.3, 0.4) is 0 Å². The van der Waals surface area contributed by atoms with Crippen LogP contribution >= 0.6 is 0 Å². The van der Waals surface area contributed by atoms with Gasteiger partial charge >= 0.3 is 0 Å². The molecular formula is C15H29NO3. The van der Waals surface area contributed by atoms with Gasteiger partial charge in [-0.05, 0) is 31.1 Å². The molecule has 1 heterocycles. The Kier molecular flexibility index (Phi) is 6.07. The normalized spacial score (nSPS) is 35.2. The SMILES string of the molecule is CC1CCC(OC[C@@H](O)CN2CCOCC2)C(C)C1. The van der Waals surface area contributed by atoms with E-state index in [1.807, 2.05) is 0 Å². The number of ether oxygens (including phenoxy) is 2. The average molecular weight is 271 g/mol. The molecule has 4 heteroatoms. The van der Waals surface area contributed by atoms with Crippen molar-refractivity contribution in [3.05, 3.63) is 0 Å². The molecule has 0 aromatic heterocycles. The van der Waals surface area contributed by atoms with Crippen LogP contribution in [-0.4, -0.2) is 61.7 Å². The number of β-amino-alcohol motifs (C(OH)–C–C–N with tert-alkyl or cyclic N) is 1. The van der Waals surface area contributed by atoms with Crippen LogP contribution in [0.2, 0.25) is 0 Å². The summed E-state index contributed by atoms with van der Waals surface area (Å²) in [5.74, 6) is 1.45. The fourth-order valence-electron chi connectivity index (χ4n) is 3.25. The Hall–Kier alpha value is -0.160. The van der Waals surface area contributed by atoms with Crippen LogP contribution < -0.4 is 0 Å². The van der Waals surface area contributed by atoms with E-state index >= 15 is 0 Å². The molecule has 0 amide bonds. The number of rotatable bonds is 5. The highest BCUT2D eigenvalue weighted by molar-refractivity contribution is 4.77. The summed E-state index contributed by atoms with van der Waals surface area (Å²) in [5, 5.41) is 10.1. The molecule has 1 saturated carbocycles. The topological polar surface area (TPSA) is 41.9 Å². The molecule has 2 fully saturated rings. The number of hydrogen-bond acceptors (Lipinski definition) is 4. The lowest BCUT2D eigenvalue weighted by Crippen LogP contribution is -2.43. The van der Waals surface area contributed by atoms with Crippen molar-refractivity contribution in [1.82, 2.24) is 4.90 Å². The maximum Gasteiger partial charge on any atom is 0.0900 e. The predicted octanol–water partition coefficient (Wildman–Crippen LogP) is 1.52. The van der Waals surface area contributed by atoms with Crippen molar-refractivity contribution in [2.24, 2.45) is 11.8 Å². The van der Waals surface area contributed by atoms with Gasteiger partial charge in [0.05, 0.1) is 32.0 Å². The van der Waals surface area contributed by atoms with Gasteiger partial charge in [0, 0.05) is 19.6 Å². The average Bonchev–Trinajstić information content (AvgIpc) is 2.39. The van der Waals surface area contributed by atoms with Crippen LogP contribution in [-0.2, 0) is 9.47 Å². The summed E-state index contributed by atoms with van der Waals surface area (Å²) in [6.45, 7) is 9.19. The summed E-state index contributed by atoms with van der Waals surface area (Å²) in [6, 6.07) is 0. The van der Waals surface area contributed by atoms with Crippen molar-refractivity contribution in [2.75, 3.05) is 39.5 Å². The standard InChI is InChI=1S/C15H29NO3/c1-12-3-4-15(13(2)9-12)19-11-14(17)10-16-5-7-18-8-6-16/h12-15,17H,3-11H2,1-2H3/t12?,13?,14-,15?/m0/s1. The molecule has 1 N–H and O–H groups in total. The summed E-state index contributed by atoms with van der Waals surface area (Å²) in [4.78, 5) is 2.25. The molecule has 1 aliphatic carbocycles. The van der Waals surface area contributed by atoms with Crippen LogP contribution in [0.5, 0.6) is 0 Å². The zero-order valence-electron chi connectivity index (χ0n) is 12.4. The summed E-state index contributed by atoms with van der Waals surface area (Å²) in [6.07, 6.45) is 3.63. The van der Waals surface area contributed by atoms with Gasteiger partial charge in [-0.2, -0.15) is 0 Å². The van der Waals surface area contributed by atoms with Gasteiger partial charge in [0.2, 0.25) is 0 Å². The highest BCUT2D eigenvalue weighted by Gasteiger charge is 2.26. The van der Waals surface area contributed by atoms with Gasteiger partial charge in [0.25, 0.3) is 0 Å². The first kappa shape index (κ1) is 15.2. The van der Waals surface area contributed by atoms with Crippen molar-refractivity contribution in [3.8, 4) is 0 Å². The fraction of sp³-hybridized carbons (Fsp3) is 1.00. The van der Waals surface area contributed by atoms with Crippen molar-refractivity contribution in [1.29, 1.82) is 0 Å². The zero-order chi connectivity index (χ0) is 13.7. The van der Waals surface area contributed by atoms with E-state index in [9.17, 15) is 5.11 Å². The lowest BCUT2D eigenvalue weighted by atomic mass is 9.81. The Labute approximate surface area is 117 Å². The number of morpholine rings is 1. The summed E-state index contributed by atoms with van der Waals surface area (Å²) >= 11 is 0. The largest absolute Gasteiger partial charge is 0.389 e. The van der Waals surface area contributed by atoms with Crippen LogP contribution in [0.1, 0.15) is 33.1 Å². The van der Waals surface area contributed by atoms with E-state index < -0.39 is 0 Å². The molecule has 1 saturated heterocycles. The number of nitrogens with zero attached hydrogens (tertiary/aromatic N) is 1. The Bertz CT molecular complexity index is 256. The molecule has 0 radical (unpaired) electrons. The van der Waals surface area contributed by atoms with Crippen molar-refractivity contribution < 1.29 is 14.6 Å².